The van der Waals surface area contributed by atoms with Crippen LogP contribution in [0, 0.1) is 13.8 Å². The number of benzene rings is 1. The summed E-state index contributed by atoms with van der Waals surface area (Å²) in [6.45, 7) is 4.69. The Kier molecular flexibility index (Phi) is 3.92. The average molecular weight is 293 g/mol. The quantitative estimate of drug-likeness (QED) is 0.776. The van der Waals surface area contributed by atoms with Gasteiger partial charge in [0.2, 0.25) is 0 Å². The number of hydrogen-bond acceptors (Lipinski definition) is 2. The van der Waals surface area contributed by atoms with E-state index in [1.54, 1.807) is 6.20 Å². The highest BCUT2D eigenvalue weighted by atomic mass is 16.1. The maximum atomic E-state index is 12.2. The molecule has 0 bridgehead atoms. The van der Waals surface area contributed by atoms with Crippen molar-refractivity contribution in [2.45, 2.75) is 20.3 Å². The standard InChI is InChI=1S/C18H19N3O/c1-12-9-13(2)15-11-17(21-16(15)10-12)18(22)20-8-6-14-5-3-4-7-19-14/h3-5,7,9-11,21H,6,8H2,1-2H3,(H,20,22). The number of carbonyl (C=O) groups excluding carboxylic acids is 1. The maximum absolute atomic E-state index is 12.2. The minimum absolute atomic E-state index is 0.0795. The lowest BCUT2D eigenvalue weighted by atomic mass is 10.1. The first-order valence-electron chi connectivity index (χ1n) is 7.41. The summed E-state index contributed by atoms with van der Waals surface area (Å²) in [6.07, 6.45) is 2.49. The number of aromatic amines is 1. The summed E-state index contributed by atoms with van der Waals surface area (Å²) in [5.74, 6) is -0.0795. The summed E-state index contributed by atoms with van der Waals surface area (Å²) >= 11 is 0. The normalized spacial score (nSPS) is 10.8. The Balaban J connectivity index is 1.69. The van der Waals surface area contributed by atoms with Gasteiger partial charge < -0.3 is 10.3 Å². The van der Waals surface area contributed by atoms with E-state index < -0.39 is 0 Å². The molecule has 0 radical (unpaired) electrons. The monoisotopic (exact) mass is 293 g/mol. The Hall–Kier alpha value is -2.62. The molecule has 0 aliphatic carbocycles. The van der Waals surface area contributed by atoms with Gasteiger partial charge in [-0.05, 0) is 49.2 Å². The smallest absolute Gasteiger partial charge is 0.267 e. The third kappa shape index (κ3) is 3.01. The number of hydrogen-bond donors (Lipinski definition) is 2. The summed E-state index contributed by atoms with van der Waals surface area (Å²) in [5.41, 5.74) is 4.95. The first-order valence-corrected chi connectivity index (χ1v) is 7.41. The van der Waals surface area contributed by atoms with Gasteiger partial charge in [0.1, 0.15) is 5.69 Å². The lowest BCUT2D eigenvalue weighted by Crippen LogP contribution is -2.26. The fourth-order valence-electron chi connectivity index (χ4n) is 2.67. The molecule has 0 aliphatic rings. The molecule has 1 aromatic carbocycles. The van der Waals surface area contributed by atoms with E-state index in [2.05, 4.69) is 41.3 Å². The molecule has 0 fully saturated rings. The SMILES string of the molecule is Cc1cc(C)c2cc(C(=O)NCCc3ccccn3)[nH]c2c1. The molecule has 2 aromatic heterocycles. The number of fused-ring (bicyclic) bond motifs is 1. The maximum Gasteiger partial charge on any atom is 0.267 e. The van der Waals surface area contributed by atoms with Crippen molar-refractivity contribution >= 4 is 16.8 Å². The number of pyridine rings is 1. The van der Waals surface area contributed by atoms with Crippen LogP contribution in [0.15, 0.2) is 42.6 Å². The van der Waals surface area contributed by atoms with Crippen molar-refractivity contribution in [3.05, 3.63) is 65.1 Å². The molecule has 4 nitrogen and oxygen atoms in total. The Bertz CT molecular complexity index is 806. The molecule has 2 heterocycles. The van der Waals surface area contributed by atoms with Gasteiger partial charge in [0, 0.05) is 35.8 Å². The van der Waals surface area contributed by atoms with Crippen molar-refractivity contribution in [2.75, 3.05) is 6.54 Å². The van der Waals surface area contributed by atoms with Crippen molar-refractivity contribution in [3.63, 3.8) is 0 Å². The van der Waals surface area contributed by atoms with Crippen LogP contribution in [0.25, 0.3) is 10.9 Å². The molecule has 0 unspecified atom stereocenters. The molecule has 0 spiro atoms. The number of nitrogens with zero attached hydrogens (tertiary/aromatic N) is 1. The van der Waals surface area contributed by atoms with Gasteiger partial charge in [0.15, 0.2) is 0 Å². The molecule has 0 saturated heterocycles. The van der Waals surface area contributed by atoms with Gasteiger partial charge in [-0.3, -0.25) is 9.78 Å². The Morgan fingerprint density at radius 2 is 2.09 bits per heavy atom. The van der Waals surface area contributed by atoms with Gasteiger partial charge in [0.25, 0.3) is 5.91 Å². The zero-order valence-corrected chi connectivity index (χ0v) is 12.8. The van der Waals surface area contributed by atoms with E-state index in [0.29, 0.717) is 12.2 Å². The van der Waals surface area contributed by atoms with Crippen molar-refractivity contribution in [2.24, 2.45) is 0 Å². The van der Waals surface area contributed by atoms with Crippen LogP contribution in [0.3, 0.4) is 0 Å². The van der Waals surface area contributed by atoms with Crippen LogP contribution in [0.5, 0.6) is 0 Å². The van der Waals surface area contributed by atoms with Gasteiger partial charge in [0.05, 0.1) is 0 Å². The molecule has 3 rings (SSSR count). The first kappa shape index (κ1) is 14.3. The Morgan fingerprint density at radius 3 is 2.86 bits per heavy atom. The Labute approximate surface area is 129 Å². The number of aryl methyl sites for hydroxylation is 2. The van der Waals surface area contributed by atoms with Crippen LogP contribution in [0.2, 0.25) is 0 Å². The largest absolute Gasteiger partial charge is 0.351 e. The van der Waals surface area contributed by atoms with Gasteiger partial charge in [-0.2, -0.15) is 0 Å². The molecule has 1 amide bonds. The van der Waals surface area contributed by atoms with Gasteiger partial charge in [-0.15, -0.1) is 0 Å². The zero-order valence-electron chi connectivity index (χ0n) is 12.8. The van der Waals surface area contributed by atoms with Crippen LogP contribution >= 0.6 is 0 Å². The van der Waals surface area contributed by atoms with E-state index in [1.165, 1.54) is 11.1 Å². The van der Waals surface area contributed by atoms with E-state index in [9.17, 15) is 4.79 Å². The van der Waals surface area contributed by atoms with E-state index in [0.717, 1.165) is 23.0 Å². The highest BCUT2D eigenvalue weighted by Crippen LogP contribution is 2.21. The van der Waals surface area contributed by atoms with E-state index in [4.69, 9.17) is 0 Å². The fourth-order valence-corrected chi connectivity index (χ4v) is 2.67. The summed E-state index contributed by atoms with van der Waals surface area (Å²) in [6, 6.07) is 11.9. The molecule has 2 N–H and O–H groups in total. The topological polar surface area (TPSA) is 57.8 Å². The van der Waals surface area contributed by atoms with Crippen LogP contribution in [-0.2, 0) is 6.42 Å². The highest BCUT2D eigenvalue weighted by molar-refractivity contribution is 5.98. The second kappa shape index (κ2) is 6.02. The van der Waals surface area contributed by atoms with Crippen LogP contribution in [0.1, 0.15) is 27.3 Å². The summed E-state index contributed by atoms with van der Waals surface area (Å²) < 4.78 is 0. The van der Waals surface area contributed by atoms with Crippen molar-refractivity contribution < 1.29 is 4.79 Å². The van der Waals surface area contributed by atoms with E-state index in [1.807, 2.05) is 24.3 Å². The van der Waals surface area contributed by atoms with Crippen LogP contribution < -0.4 is 5.32 Å². The minimum Gasteiger partial charge on any atom is -0.351 e. The average Bonchev–Trinajstić information content (AvgIpc) is 2.92. The highest BCUT2D eigenvalue weighted by Gasteiger charge is 2.10. The van der Waals surface area contributed by atoms with Crippen molar-refractivity contribution in [1.29, 1.82) is 0 Å². The number of nitrogens with one attached hydrogen (secondary N) is 2. The summed E-state index contributed by atoms with van der Waals surface area (Å²) in [4.78, 5) is 19.7. The molecular weight excluding hydrogens is 274 g/mol. The lowest BCUT2D eigenvalue weighted by molar-refractivity contribution is 0.0950. The Morgan fingerprint density at radius 1 is 1.23 bits per heavy atom. The number of rotatable bonds is 4. The number of aromatic nitrogens is 2. The minimum atomic E-state index is -0.0795. The lowest BCUT2D eigenvalue weighted by Gasteiger charge is -2.03. The molecule has 0 atom stereocenters. The van der Waals surface area contributed by atoms with Crippen LogP contribution in [-0.4, -0.2) is 22.4 Å². The number of carbonyl (C=O) groups is 1. The summed E-state index contributed by atoms with van der Waals surface area (Å²) in [5, 5.41) is 4.03. The van der Waals surface area contributed by atoms with Crippen molar-refractivity contribution in [1.82, 2.24) is 15.3 Å². The predicted octanol–water partition coefficient (Wildman–Crippen LogP) is 3.15. The molecule has 0 saturated carbocycles. The molecule has 22 heavy (non-hydrogen) atoms. The molecule has 0 aliphatic heterocycles. The summed E-state index contributed by atoms with van der Waals surface area (Å²) in [7, 11) is 0. The number of H-pyrrole nitrogens is 1. The van der Waals surface area contributed by atoms with E-state index in [-0.39, 0.29) is 5.91 Å². The molecule has 112 valence electrons. The molecule has 3 aromatic rings. The first-order chi connectivity index (χ1) is 10.6. The van der Waals surface area contributed by atoms with Crippen LogP contribution in [0.4, 0.5) is 0 Å². The van der Waals surface area contributed by atoms with Gasteiger partial charge in [-0.25, -0.2) is 0 Å². The third-order valence-corrected chi connectivity index (χ3v) is 3.73. The fraction of sp³-hybridized carbons (Fsp3) is 0.222. The van der Waals surface area contributed by atoms with Crippen molar-refractivity contribution in [3.8, 4) is 0 Å². The third-order valence-electron chi connectivity index (χ3n) is 3.73. The zero-order chi connectivity index (χ0) is 15.5. The van der Waals surface area contributed by atoms with E-state index >= 15 is 0 Å². The predicted molar refractivity (Wildman–Crippen MR) is 88.0 cm³/mol. The van der Waals surface area contributed by atoms with Gasteiger partial charge in [-0.1, -0.05) is 12.1 Å². The second-order valence-electron chi connectivity index (χ2n) is 5.55. The van der Waals surface area contributed by atoms with Gasteiger partial charge >= 0.3 is 0 Å². The second-order valence-corrected chi connectivity index (χ2v) is 5.55. The molecule has 4 heteroatoms. The molecular formula is C18H19N3O. The number of amides is 1.